The minimum Gasteiger partial charge on any atom is -0.340 e. The first-order valence-electron chi connectivity index (χ1n) is 6.16. The first kappa shape index (κ1) is 14.4. The molecule has 0 aliphatic heterocycles. The molecule has 0 aliphatic rings. The Morgan fingerprint density at radius 2 is 2.00 bits per heavy atom. The SMILES string of the molecule is CCCCN(C(=O)CCCN)C(C)CC. The molecule has 0 saturated heterocycles. The highest BCUT2D eigenvalue weighted by molar-refractivity contribution is 5.76. The lowest BCUT2D eigenvalue weighted by molar-refractivity contribution is -0.133. The lowest BCUT2D eigenvalue weighted by Gasteiger charge is -2.28. The predicted octanol–water partition coefficient (Wildman–Crippen LogP) is 2.15. The van der Waals surface area contributed by atoms with Crippen molar-refractivity contribution in [3.05, 3.63) is 0 Å². The zero-order valence-corrected chi connectivity index (χ0v) is 10.5. The van der Waals surface area contributed by atoms with E-state index in [0.29, 0.717) is 19.0 Å². The number of carbonyl (C=O) groups excluding carboxylic acids is 1. The molecular formula is C12H26N2O. The van der Waals surface area contributed by atoms with Crippen molar-refractivity contribution in [2.75, 3.05) is 13.1 Å². The van der Waals surface area contributed by atoms with E-state index in [-0.39, 0.29) is 5.91 Å². The maximum Gasteiger partial charge on any atom is 0.222 e. The first-order valence-corrected chi connectivity index (χ1v) is 6.16. The minimum atomic E-state index is 0.267. The number of nitrogens with zero attached hydrogens (tertiary/aromatic N) is 1. The van der Waals surface area contributed by atoms with Gasteiger partial charge in [0.15, 0.2) is 0 Å². The largest absolute Gasteiger partial charge is 0.340 e. The van der Waals surface area contributed by atoms with Crippen molar-refractivity contribution in [1.29, 1.82) is 0 Å². The Balaban J connectivity index is 4.14. The molecule has 0 aromatic carbocycles. The zero-order chi connectivity index (χ0) is 11.7. The molecule has 3 heteroatoms. The van der Waals surface area contributed by atoms with Gasteiger partial charge in [0.25, 0.3) is 0 Å². The summed E-state index contributed by atoms with van der Waals surface area (Å²) in [6, 6.07) is 0.363. The summed E-state index contributed by atoms with van der Waals surface area (Å²) in [4.78, 5) is 13.9. The summed E-state index contributed by atoms with van der Waals surface area (Å²) < 4.78 is 0. The van der Waals surface area contributed by atoms with Crippen LogP contribution in [0.1, 0.15) is 52.9 Å². The van der Waals surface area contributed by atoms with Crippen molar-refractivity contribution in [2.45, 2.75) is 58.9 Å². The fourth-order valence-electron chi connectivity index (χ4n) is 1.54. The standard InChI is InChI=1S/C12H26N2O/c1-4-6-10-14(11(3)5-2)12(15)8-7-9-13/h11H,4-10,13H2,1-3H3. The van der Waals surface area contributed by atoms with Crippen LogP contribution in [-0.4, -0.2) is 29.9 Å². The van der Waals surface area contributed by atoms with E-state index in [1.165, 1.54) is 0 Å². The van der Waals surface area contributed by atoms with Gasteiger partial charge in [0.1, 0.15) is 0 Å². The summed E-state index contributed by atoms with van der Waals surface area (Å²) in [6.07, 6.45) is 4.66. The summed E-state index contributed by atoms with van der Waals surface area (Å²) >= 11 is 0. The molecule has 0 aromatic heterocycles. The minimum absolute atomic E-state index is 0.267. The third kappa shape index (κ3) is 5.78. The Kier molecular flexibility index (Phi) is 8.38. The molecule has 0 fully saturated rings. The molecular weight excluding hydrogens is 188 g/mol. The summed E-state index contributed by atoms with van der Waals surface area (Å²) in [6.45, 7) is 7.90. The van der Waals surface area contributed by atoms with Crippen LogP contribution in [0.3, 0.4) is 0 Å². The summed E-state index contributed by atoms with van der Waals surface area (Å²) in [5, 5.41) is 0. The Morgan fingerprint density at radius 3 is 2.47 bits per heavy atom. The van der Waals surface area contributed by atoms with E-state index in [1.54, 1.807) is 0 Å². The van der Waals surface area contributed by atoms with E-state index in [2.05, 4.69) is 20.8 Å². The molecule has 0 heterocycles. The molecule has 3 nitrogen and oxygen atoms in total. The van der Waals surface area contributed by atoms with E-state index in [4.69, 9.17) is 5.73 Å². The zero-order valence-electron chi connectivity index (χ0n) is 10.5. The van der Waals surface area contributed by atoms with Gasteiger partial charge in [-0.2, -0.15) is 0 Å². The number of unbranched alkanes of at least 4 members (excludes halogenated alkanes) is 1. The highest BCUT2D eigenvalue weighted by atomic mass is 16.2. The number of hydrogen-bond donors (Lipinski definition) is 1. The smallest absolute Gasteiger partial charge is 0.222 e. The van der Waals surface area contributed by atoms with E-state index in [1.807, 2.05) is 4.90 Å². The van der Waals surface area contributed by atoms with Crippen molar-refractivity contribution >= 4 is 5.91 Å². The van der Waals surface area contributed by atoms with Gasteiger partial charge in [-0.3, -0.25) is 4.79 Å². The van der Waals surface area contributed by atoms with Crippen LogP contribution in [-0.2, 0) is 4.79 Å². The highest BCUT2D eigenvalue weighted by Gasteiger charge is 2.17. The van der Waals surface area contributed by atoms with Crippen molar-refractivity contribution in [3.63, 3.8) is 0 Å². The van der Waals surface area contributed by atoms with Gasteiger partial charge in [-0.25, -0.2) is 0 Å². The molecule has 15 heavy (non-hydrogen) atoms. The second-order valence-electron chi connectivity index (χ2n) is 4.09. The predicted molar refractivity (Wildman–Crippen MR) is 64.7 cm³/mol. The second kappa shape index (κ2) is 8.72. The molecule has 0 rings (SSSR count). The number of amides is 1. The Bertz CT molecular complexity index is 171. The third-order valence-corrected chi connectivity index (χ3v) is 2.79. The fraction of sp³-hybridized carbons (Fsp3) is 0.917. The number of rotatable bonds is 8. The molecule has 0 aromatic rings. The fourth-order valence-corrected chi connectivity index (χ4v) is 1.54. The number of hydrogen-bond acceptors (Lipinski definition) is 2. The molecule has 2 N–H and O–H groups in total. The van der Waals surface area contributed by atoms with Gasteiger partial charge in [-0.05, 0) is 32.7 Å². The van der Waals surface area contributed by atoms with Crippen molar-refractivity contribution in [2.24, 2.45) is 5.73 Å². The van der Waals surface area contributed by atoms with Crippen molar-refractivity contribution < 1.29 is 4.79 Å². The Labute approximate surface area is 94.0 Å². The van der Waals surface area contributed by atoms with Crippen molar-refractivity contribution in [3.8, 4) is 0 Å². The van der Waals surface area contributed by atoms with Crippen LogP contribution in [0.2, 0.25) is 0 Å². The van der Waals surface area contributed by atoms with Gasteiger partial charge < -0.3 is 10.6 Å². The van der Waals surface area contributed by atoms with Crippen LogP contribution in [0.25, 0.3) is 0 Å². The second-order valence-corrected chi connectivity index (χ2v) is 4.09. The van der Waals surface area contributed by atoms with Gasteiger partial charge in [0.2, 0.25) is 5.91 Å². The van der Waals surface area contributed by atoms with E-state index in [0.717, 1.165) is 32.2 Å². The molecule has 90 valence electrons. The van der Waals surface area contributed by atoms with Gasteiger partial charge >= 0.3 is 0 Å². The Hall–Kier alpha value is -0.570. The van der Waals surface area contributed by atoms with Gasteiger partial charge in [0, 0.05) is 19.0 Å². The molecule has 0 saturated carbocycles. The van der Waals surface area contributed by atoms with Crippen LogP contribution in [0, 0.1) is 0 Å². The molecule has 1 atom stereocenters. The Morgan fingerprint density at radius 1 is 1.33 bits per heavy atom. The van der Waals surface area contributed by atoms with Gasteiger partial charge in [-0.15, -0.1) is 0 Å². The summed E-state index contributed by atoms with van der Waals surface area (Å²) in [5.41, 5.74) is 5.41. The van der Waals surface area contributed by atoms with Gasteiger partial charge in [0.05, 0.1) is 0 Å². The quantitative estimate of drug-likeness (QED) is 0.673. The molecule has 0 aliphatic carbocycles. The van der Waals surface area contributed by atoms with E-state index >= 15 is 0 Å². The van der Waals surface area contributed by atoms with Crippen LogP contribution in [0.4, 0.5) is 0 Å². The molecule has 1 amide bonds. The average molecular weight is 214 g/mol. The molecule has 0 bridgehead atoms. The van der Waals surface area contributed by atoms with Crippen LogP contribution in [0.5, 0.6) is 0 Å². The van der Waals surface area contributed by atoms with E-state index < -0.39 is 0 Å². The molecule has 0 spiro atoms. The molecule has 1 unspecified atom stereocenters. The van der Waals surface area contributed by atoms with E-state index in [9.17, 15) is 4.79 Å². The maximum atomic E-state index is 11.9. The topological polar surface area (TPSA) is 46.3 Å². The average Bonchev–Trinajstić information content (AvgIpc) is 2.26. The number of carbonyl (C=O) groups is 1. The normalized spacial score (nSPS) is 12.5. The van der Waals surface area contributed by atoms with Crippen LogP contribution >= 0.6 is 0 Å². The summed E-state index contributed by atoms with van der Waals surface area (Å²) in [7, 11) is 0. The third-order valence-electron chi connectivity index (χ3n) is 2.79. The van der Waals surface area contributed by atoms with Crippen LogP contribution < -0.4 is 5.73 Å². The lowest BCUT2D eigenvalue weighted by Crippen LogP contribution is -2.39. The lowest BCUT2D eigenvalue weighted by atomic mass is 10.1. The van der Waals surface area contributed by atoms with Crippen LogP contribution in [0.15, 0.2) is 0 Å². The highest BCUT2D eigenvalue weighted by Crippen LogP contribution is 2.08. The summed E-state index contributed by atoms with van der Waals surface area (Å²) in [5.74, 6) is 0.267. The monoisotopic (exact) mass is 214 g/mol. The maximum absolute atomic E-state index is 11.9. The molecule has 0 radical (unpaired) electrons. The van der Waals surface area contributed by atoms with Gasteiger partial charge in [-0.1, -0.05) is 20.3 Å². The first-order chi connectivity index (χ1) is 7.17. The van der Waals surface area contributed by atoms with Crippen molar-refractivity contribution in [1.82, 2.24) is 4.90 Å². The number of nitrogens with two attached hydrogens (primary N) is 1.